The molecule has 0 bridgehead atoms. The number of benzene rings is 1. The smallest absolute Gasteiger partial charge is 0.224 e. The predicted octanol–water partition coefficient (Wildman–Crippen LogP) is 2.06. The summed E-state index contributed by atoms with van der Waals surface area (Å²) in [6, 6.07) is 8.50. The molecule has 0 aromatic heterocycles. The van der Waals surface area contributed by atoms with Crippen molar-refractivity contribution in [3.63, 3.8) is 0 Å². The second kappa shape index (κ2) is 6.06. The summed E-state index contributed by atoms with van der Waals surface area (Å²) in [5.74, 6) is 0. The van der Waals surface area contributed by atoms with E-state index in [9.17, 15) is 14.3 Å². The van der Waals surface area contributed by atoms with Crippen LogP contribution in [-0.4, -0.2) is 20.4 Å². The minimum absolute atomic E-state index is 0.286. The third-order valence-electron chi connectivity index (χ3n) is 2.34. The van der Waals surface area contributed by atoms with Crippen molar-refractivity contribution in [2.24, 2.45) is 0 Å². The van der Waals surface area contributed by atoms with Gasteiger partial charge in [-0.05, 0) is 26.3 Å². The number of hydrogen-bond donors (Lipinski definition) is 1. The summed E-state index contributed by atoms with van der Waals surface area (Å²) >= 11 is 0. The first-order valence-electron chi connectivity index (χ1n) is 5.65. The Kier molecular flexibility index (Phi) is 4.98. The highest BCUT2D eigenvalue weighted by atomic mass is 32.2. The highest BCUT2D eigenvalue weighted by molar-refractivity contribution is 7.84. The topological polar surface area (TPSA) is 72.2 Å². The zero-order valence-corrected chi connectivity index (χ0v) is 11.6. The molecule has 6 heteroatoms. The van der Waals surface area contributed by atoms with Gasteiger partial charge < -0.3 is 0 Å². The van der Waals surface area contributed by atoms with Crippen LogP contribution in [0.1, 0.15) is 32.4 Å². The first kappa shape index (κ1) is 14.8. The van der Waals surface area contributed by atoms with Gasteiger partial charge in [0.1, 0.15) is 6.04 Å². The fourth-order valence-corrected chi connectivity index (χ4v) is 2.17. The van der Waals surface area contributed by atoms with Crippen molar-refractivity contribution in [1.82, 2.24) is 4.72 Å². The van der Waals surface area contributed by atoms with Crippen LogP contribution in [0, 0.1) is 10.1 Å². The normalized spacial score (nSPS) is 15.1. The maximum Gasteiger partial charge on any atom is 0.224 e. The van der Waals surface area contributed by atoms with Gasteiger partial charge in [0, 0.05) is 4.92 Å². The van der Waals surface area contributed by atoms with Gasteiger partial charge in [0.15, 0.2) is 0 Å². The predicted molar refractivity (Wildman–Crippen MR) is 72.1 cm³/mol. The Morgan fingerprint density at radius 3 is 2.33 bits per heavy atom. The van der Waals surface area contributed by atoms with Crippen LogP contribution < -0.4 is 4.72 Å². The molecular formula is C12H18N2O3S. The van der Waals surface area contributed by atoms with Gasteiger partial charge in [-0.25, -0.2) is 8.93 Å². The van der Waals surface area contributed by atoms with Gasteiger partial charge in [-0.1, -0.05) is 30.3 Å². The van der Waals surface area contributed by atoms with Crippen LogP contribution in [0.2, 0.25) is 0 Å². The van der Waals surface area contributed by atoms with E-state index >= 15 is 0 Å². The molecule has 1 aromatic carbocycles. The highest BCUT2D eigenvalue weighted by Crippen LogP contribution is 2.17. The Morgan fingerprint density at radius 1 is 1.33 bits per heavy atom. The first-order valence-corrected chi connectivity index (χ1v) is 6.80. The van der Waals surface area contributed by atoms with Gasteiger partial charge in [0.2, 0.25) is 6.54 Å². The molecule has 0 saturated heterocycles. The molecule has 0 radical (unpaired) electrons. The SMILES string of the molecule is CC(C)(C)[S@](=O)N[C@H](C[N+](=O)[O-])c1ccccc1. The Labute approximate surface area is 109 Å². The van der Waals surface area contributed by atoms with Crippen molar-refractivity contribution >= 4 is 11.0 Å². The zero-order chi connectivity index (χ0) is 13.8. The fourth-order valence-electron chi connectivity index (χ4n) is 1.35. The monoisotopic (exact) mass is 270 g/mol. The highest BCUT2D eigenvalue weighted by Gasteiger charge is 2.26. The lowest BCUT2D eigenvalue weighted by Gasteiger charge is -2.22. The van der Waals surface area contributed by atoms with Gasteiger partial charge >= 0.3 is 0 Å². The van der Waals surface area contributed by atoms with E-state index in [1.165, 1.54) is 0 Å². The van der Waals surface area contributed by atoms with Gasteiger partial charge in [-0.3, -0.25) is 10.1 Å². The van der Waals surface area contributed by atoms with Crippen LogP contribution in [0.3, 0.4) is 0 Å². The van der Waals surface area contributed by atoms with Gasteiger partial charge in [0.05, 0.1) is 15.7 Å². The van der Waals surface area contributed by atoms with E-state index in [2.05, 4.69) is 4.72 Å². The zero-order valence-electron chi connectivity index (χ0n) is 10.8. The third-order valence-corrected chi connectivity index (χ3v) is 3.95. The standard InChI is InChI=1S/C12H18N2O3S/c1-12(2,3)18(17)13-11(9-14(15)16)10-7-5-4-6-8-10/h4-8,11,13H,9H2,1-3H3/t11-,18+/m1/s1. The summed E-state index contributed by atoms with van der Waals surface area (Å²) < 4.78 is 14.4. The molecule has 100 valence electrons. The molecule has 2 atom stereocenters. The van der Waals surface area contributed by atoms with Crippen LogP contribution in [0.15, 0.2) is 30.3 Å². The quantitative estimate of drug-likeness (QED) is 0.657. The molecule has 1 rings (SSSR count). The lowest BCUT2D eigenvalue weighted by atomic mass is 10.1. The molecule has 0 spiro atoms. The van der Waals surface area contributed by atoms with Crippen molar-refractivity contribution < 1.29 is 9.13 Å². The molecule has 1 N–H and O–H groups in total. The van der Waals surface area contributed by atoms with Crippen molar-refractivity contribution in [3.05, 3.63) is 46.0 Å². The average molecular weight is 270 g/mol. The van der Waals surface area contributed by atoms with E-state index in [1.54, 1.807) is 12.1 Å². The van der Waals surface area contributed by atoms with Crippen molar-refractivity contribution in [2.45, 2.75) is 31.6 Å². The summed E-state index contributed by atoms with van der Waals surface area (Å²) in [5.41, 5.74) is 0.770. The summed E-state index contributed by atoms with van der Waals surface area (Å²) in [6.45, 7) is 5.19. The summed E-state index contributed by atoms with van der Waals surface area (Å²) in [6.07, 6.45) is 0. The van der Waals surface area contributed by atoms with Crippen LogP contribution in [-0.2, 0) is 11.0 Å². The van der Waals surface area contributed by atoms with E-state index in [4.69, 9.17) is 0 Å². The minimum Gasteiger partial charge on any atom is -0.264 e. The lowest BCUT2D eigenvalue weighted by molar-refractivity contribution is -0.483. The lowest BCUT2D eigenvalue weighted by Crippen LogP contribution is -2.38. The number of hydrogen-bond acceptors (Lipinski definition) is 3. The molecule has 0 amide bonds. The summed E-state index contributed by atoms with van der Waals surface area (Å²) in [5, 5.41) is 10.7. The molecule has 0 aliphatic heterocycles. The van der Waals surface area contributed by atoms with Gasteiger partial charge in [-0.15, -0.1) is 0 Å². The number of rotatable bonds is 5. The van der Waals surface area contributed by atoms with Crippen LogP contribution >= 0.6 is 0 Å². The first-order chi connectivity index (χ1) is 8.30. The molecule has 1 aromatic rings. The van der Waals surface area contributed by atoms with E-state index in [0.717, 1.165) is 5.56 Å². The molecule has 18 heavy (non-hydrogen) atoms. The Hall–Kier alpha value is -1.27. The molecular weight excluding hydrogens is 252 g/mol. The third kappa shape index (κ3) is 4.54. The average Bonchev–Trinajstić information content (AvgIpc) is 2.27. The molecule has 0 saturated carbocycles. The Bertz CT molecular complexity index is 429. The number of nitrogens with zero attached hydrogens (tertiary/aromatic N) is 1. The second-order valence-corrected chi connectivity index (χ2v) is 6.98. The maximum atomic E-state index is 12.0. The van der Waals surface area contributed by atoms with Gasteiger partial charge in [0.25, 0.3) is 0 Å². The van der Waals surface area contributed by atoms with Crippen LogP contribution in [0.5, 0.6) is 0 Å². The molecule has 0 heterocycles. The number of nitro groups is 1. The van der Waals surface area contributed by atoms with Crippen LogP contribution in [0.25, 0.3) is 0 Å². The molecule has 0 fully saturated rings. The minimum atomic E-state index is -1.34. The van der Waals surface area contributed by atoms with Crippen LogP contribution in [0.4, 0.5) is 0 Å². The molecule has 0 unspecified atom stereocenters. The van der Waals surface area contributed by atoms with Crippen molar-refractivity contribution in [1.29, 1.82) is 0 Å². The van der Waals surface area contributed by atoms with Gasteiger partial charge in [-0.2, -0.15) is 0 Å². The number of nitrogens with one attached hydrogen (secondary N) is 1. The van der Waals surface area contributed by atoms with E-state index < -0.39 is 26.7 Å². The molecule has 5 nitrogen and oxygen atoms in total. The van der Waals surface area contributed by atoms with Crippen molar-refractivity contribution in [2.75, 3.05) is 6.54 Å². The molecule has 0 aliphatic carbocycles. The fraction of sp³-hybridized carbons (Fsp3) is 0.500. The second-order valence-electron chi connectivity index (χ2n) is 4.98. The summed E-state index contributed by atoms with van der Waals surface area (Å²) in [4.78, 5) is 10.3. The maximum absolute atomic E-state index is 12.0. The van der Waals surface area contributed by atoms with Crippen molar-refractivity contribution in [3.8, 4) is 0 Å². The Balaban J connectivity index is 2.87. The Morgan fingerprint density at radius 2 is 1.89 bits per heavy atom. The summed E-state index contributed by atoms with van der Waals surface area (Å²) in [7, 11) is -1.34. The largest absolute Gasteiger partial charge is 0.264 e. The van der Waals surface area contributed by atoms with E-state index in [1.807, 2.05) is 39.0 Å². The molecule has 0 aliphatic rings. The van der Waals surface area contributed by atoms with E-state index in [0.29, 0.717) is 0 Å². The van der Waals surface area contributed by atoms with E-state index in [-0.39, 0.29) is 6.54 Å².